The molecule has 0 unspecified atom stereocenters. The van der Waals surface area contributed by atoms with E-state index in [9.17, 15) is 14.0 Å². The molecule has 2 aromatic rings. The van der Waals surface area contributed by atoms with Crippen LogP contribution in [-0.2, 0) is 11.2 Å². The van der Waals surface area contributed by atoms with Gasteiger partial charge in [0.25, 0.3) is 0 Å². The number of halogens is 1. The number of hydrogen-bond acceptors (Lipinski definition) is 3. The second-order valence-electron chi connectivity index (χ2n) is 7.13. The quantitative estimate of drug-likeness (QED) is 0.702. The number of amides is 2. The molecule has 28 heavy (non-hydrogen) atoms. The van der Waals surface area contributed by atoms with Gasteiger partial charge in [0, 0.05) is 6.04 Å². The zero-order valence-electron chi connectivity index (χ0n) is 15.8. The average Bonchev–Trinajstić information content (AvgIpc) is 3.05. The van der Waals surface area contributed by atoms with Gasteiger partial charge in [-0.3, -0.25) is 4.79 Å². The second kappa shape index (κ2) is 8.86. The van der Waals surface area contributed by atoms with Crippen LogP contribution in [0.25, 0.3) is 5.69 Å². The Morgan fingerprint density at radius 3 is 2.68 bits per heavy atom. The number of urea groups is 1. The number of rotatable bonds is 6. The van der Waals surface area contributed by atoms with E-state index in [1.165, 1.54) is 12.1 Å². The van der Waals surface area contributed by atoms with E-state index in [2.05, 4.69) is 15.7 Å². The maximum atomic E-state index is 13.6. The molecule has 7 nitrogen and oxygen atoms in total. The highest BCUT2D eigenvalue weighted by Crippen LogP contribution is 2.25. The van der Waals surface area contributed by atoms with Crippen molar-refractivity contribution < 1.29 is 19.1 Å². The van der Waals surface area contributed by atoms with Gasteiger partial charge in [0.1, 0.15) is 5.82 Å². The summed E-state index contributed by atoms with van der Waals surface area (Å²) in [6.45, 7) is 2.02. The lowest BCUT2D eigenvalue weighted by Crippen LogP contribution is -2.41. The summed E-state index contributed by atoms with van der Waals surface area (Å²) in [6.07, 6.45) is 5.52. The maximum Gasteiger partial charge on any atom is 0.319 e. The molecule has 2 amide bonds. The van der Waals surface area contributed by atoms with Gasteiger partial charge in [0.15, 0.2) is 0 Å². The van der Waals surface area contributed by atoms with Crippen molar-refractivity contribution in [2.45, 2.75) is 51.5 Å². The molecule has 8 heteroatoms. The third kappa shape index (κ3) is 4.68. The molecule has 150 valence electrons. The van der Waals surface area contributed by atoms with Crippen LogP contribution in [0.4, 0.5) is 14.9 Å². The van der Waals surface area contributed by atoms with E-state index in [1.54, 1.807) is 23.0 Å². The molecule has 0 atom stereocenters. The minimum absolute atomic E-state index is 0.0384. The van der Waals surface area contributed by atoms with E-state index in [4.69, 9.17) is 5.11 Å². The van der Waals surface area contributed by atoms with Crippen LogP contribution in [0.1, 0.15) is 44.7 Å². The van der Waals surface area contributed by atoms with Gasteiger partial charge in [-0.1, -0.05) is 19.4 Å². The van der Waals surface area contributed by atoms with Crippen molar-refractivity contribution in [3.8, 4) is 5.69 Å². The first-order valence-corrected chi connectivity index (χ1v) is 9.61. The molecule has 0 saturated heterocycles. The first-order valence-electron chi connectivity index (χ1n) is 9.61. The molecule has 1 aromatic heterocycles. The summed E-state index contributed by atoms with van der Waals surface area (Å²) in [6, 6.07) is 5.78. The van der Waals surface area contributed by atoms with Crippen molar-refractivity contribution >= 4 is 17.7 Å². The molecule has 0 aliphatic heterocycles. The van der Waals surface area contributed by atoms with Gasteiger partial charge in [-0.05, 0) is 50.3 Å². The summed E-state index contributed by atoms with van der Waals surface area (Å²) in [5.74, 6) is -1.43. The number of carbonyl (C=O) groups is 2. The fourth-order valence-electron chi connectivity index (χ4n) is 3.61. The molecule has 1 aliphatic carbocycles. The Balaban J connectivity index is 1.67. The number of anilines is 1. The third-order valence-electron chi connectivity index (χ3n) is 5.07. The molecule has 1 heterocycles. The van der Waals surface area contributed by atoms with E-state index in [0.29, 0.717) is 43.5 Å². The summed E-state index contributed by atoms with van der Waals surface area (Å²) < 4.78 is 15.2. The molecule has 0 spiro atoms. The van der Waals surface area contributed by atoms with E-state index in [0.717, 1.165) is 12.1 Å². The van der Waals surface area contributed by atoms with Crippen molar-refractivity contribution in [3.05, 3.63) is 42.0 Å². The van der Waals surface area contributed by atoms with E-state index in [1.807, 2.05) is 6.92 Å². The van der Waals surface area contributed by atoms with E-state index in [-0.39, 0.29) is 23.8 Å². The van der Waals surface area contributed by atoms with Crippen molar-refractivity contribution in [1.29, 1.82) is 0 Å². The number of nitrogens with one attached hydrogen (secondary N) is 2. The van der Waals surface area contributed by atoms with Gasteiger partial charge in [0.05, 0.1) is 29.2 Å². The summed E-state index contributed by atoms with van der Waals surface area (Å²) in [5, 5.41) is 19.1. The number of benzene rings is 1. The zero-order chi connectivity index (χ0) is 20.1. The first kappa shape index (κ1) is 19.9. The third-order valence-corrected chi connectivity index (χ3v) is 5.07. The highest BCUT2D eigenvalue weighted by molar-refractivity contribution is 5.90. The van der Waals surface area contributed by atoms with Crippen molar-refractivity contribution in [2.24, 2.45) is 5.92 Å². The lowest BCUT2D eigenvalue weighted by atomic mass is 9.86. The van der Waals surface area contributed by atoms with Crippen molar-refractivity contribution in [3.63, 3.8) is 0 Å². The summed E-state index contributed by atoms with van der Waals surface area (Å²) in [4.78, 5) is 23.4. The Hall–Kier alpha value is -2.90. The van der Waals surface area contributed by atoms with E-state index >= 15 is 0 Å². The summed E-state index contributed by atoms with van der Waals surface area (Å²) in [7, 11) is 0. The number of carbonyl (C=O) groups excluding carboxylic acids is 1. The number of hydrogen-bond donors (Lipinski definition) is 3. The largest absolute Gasteiger partial charge is 0.481 e. The Bertz CT molecular complexity index is 844. The fourth-order valence-corrected chi connectivity index (χ4v) is 3.61. The van der Waals surface area contributed by atoms with Crippen LogP contribution in [0.15, 0.2) is 30.5 Å². The van der Waals surface area contributed by atoms with Gasteiger partial charge in [-0.25, -0.2) is 13.9 Å². The number of carboxylic acid groups (broad SMARTS) is 1. The molecule has 0 radical (unpaired) electrons. The zero-order valence-corrected chi connectivity index (χ0v) is 15.8. The van der Waals surface area contributed by atoms with Crippen LogP contribution < -0.4 is 10.6 Å². The van der Waals surface area contributed by atoms with Crippen LogP contribution in [0.2, 0.25) is 0 Å². The van der Waals surface area contributed by atoms with Gasteiger partial charge in [-0.15, -0.1) is 0 Å². The Morgan fingerprint density at radius 1 is 1.29 bits per heavy atom. The number of carboxylic acids is 1. The lowest BCUT2D eigenvalue weighted by Gasteiger charge is -2.26. The number of nitrogens with zero attached hydrogens (tertiary/aromatic N) is 2. The van der Waals surface area contributed by atoms with Crippen LogP contribution in [0.3, 0.4) is 0 Å². The van der Waals surface area contributed by atoms with Gasteiger partial charge >= 0.3 is 12.0 Å². The van der Waals surface area contributed by atoms with Gasteiger partial charge in [-0.2, -0.15) is 5.10 Å². The lowest BCUT2D eigenvalue weighted by molar-refractivity contribution is -0.142. The minimum Gasteiger partial charge on any atom is -0.481 e. The molecular weight excluding hydrogens is 363 g/mol. The summed E-state index contributed by atoms with van der Waals surface area (Å²) >= 11 is 0. The van der Waals surface area contributed by atoms with Crippen molar-refractivity contribution in [1.82, 2.24) is 15.1 Å². The SMILES string of the molecule is CCCc1c(NC(=O)NC2CCC(C(=O)O)CC2)cnn1-c1cccc(F)c1. The predicted octanol–water partition coefficient (Wildman–Crippen LogP) is 3.73. The maximum absolute atomic E-state index is 13.6. The molecule has 1 aliphatic rings. The van der Waals surface area contributed by atoms with Gasteiger partial charge < -0.3 is 15.7 Å². The smallest absolute Gasteiger partial charge is 0.319 e. The summed E-state index contributed by atoms with van der Waals surface area (Å²) in [5.41, 5.74) is 1.99. The van der Waals surface area contributed by atoms with E-state index < -0.39 is 5.97 Å². The van der Waals surface area contributed by atoms with Crippen LogP contribution in [0.5, 0.6) is 0 Å². The predicted molar refractivity (Wildman–Crippen MR) is 103 cm³/mol. The molecule has 3 N–H and O–H groups in total. The standard InChI is InChI=1S/C20H25FN4O3/c1-2-4-18-17(12-22-25(18)16-6-3-5-14(21)11-16)24-20(28)23-15-9-7-13(8-10-15)19(26)27/h3,5-6,11-13,15H,2,4,7-10H2,1H3,(H,26,27)(H2,23,24,28). The molecule has 1 fully saturated rings. The Labute approximate surface area is 162 Å². The minimum atomic E-state index is -0.767. The molecular formula is C20H25FN4O3. The van der Waals surface area contributed by atoms with Crippen LogP contribution >= 0.6 is 0 Å². The normalized spacial score (nSPS) is 19.2. The van der Waals surface area contributed by atoms with Crippen molar-refractivity contribution in [2.75, 3.05) is 5.32 Å². The highest BCUT2D eigenvalue weighted by atomic mass is 19.1. The first-order chi connectivity index (χ1) is 13.5. The monoisotopic (exact) mass is 388 g/mol. The highest BCUT2D eigenvalue weighted by Gasteiger charge is 2.27. The van der Waals surface area contributed by atoms with Gasteiger partial charge in [0.2, 0.25) is 0 Å². The van der Waals surface area contributed by atoms with Crippen LogP contribution in [-0.4, -0.2) is 32.9 Å². The molecule has 1 saturated carbocycles. The molecule has 3 rings (SSSR count). The topological polar surface area (TPSA) is 96.2 Å². The Kier molecular flexibility index (Phi) is 6.28. The second-order valence-corrected chi connectivity index (χ2v) is 7.13. The molecule has 1 aromatic carbocycles. The Morgan fingerprint density at radius 2 is 2.04 bits per heavy atom. The number of aromatic nitrogens is 2. The molecule has 0 bridgehead atoms. The number of aliphatic carboxylic acids is 1. The fraction of sp³-hybridized carbons (Fsp3) is 0.450. The van der Waals surface area contributed by atoms with Crippen LogP contribution in [0, 0.1) is 11.7 Å². The average molecular weight is 388 g/mol.